The normalized spacial score (nSPS) is 13.7. The van der Waals surface area contributed by atoms with Gasteiger partial charge in [0.25, 0.3) is 0 Å². The molecule has 0 bridgehead atoms. The summed E-state index contributed by atoms with van der Waals surface area (Å²) in [4.78, 5) is 0. The van der Waals surface area contributed by atoms with Gasteiger partial charge < -0.3 is 5.11 Å². The van der Waals surface area contributed by atoms with Crippen LogP contribution in [0.15, 0.2) is 16.5 Å². The summed E-state index contributed by atoms with van der Waals surface area (Å²) in [5.74, 6) is -8.02. The van der Waals surface area contributed by atoms with E-state index < -0.39 is 44.4 Å². The molecule has 0 aliphatic heterocycles. The fourth-order valence-corrected chi connectivity index (χ4v) is 1.34. The highest BCUT2D eigenvalue weighted by Gasteiger charge is 2.45. The molecule has 0 unspecified atom stereocenters. The SMILES string of the molecule is O=S(=O)(/N=C(\[O-])c1c(F)ccc(F)c1F)C(F)(F)F. The van der Waals surface area contributed by atoms with Crippen molar-refractivity contribution in [1.82, 2.24) is 0 Å². The average Bonchev–Trinajstić information content (AvgIpc) is 2.21. The minimum Gasteiger partial charge on any atom is -0.857 e. The molecule has 1 aromatic carbocycles. The predicted molar refractivity (Wildman–Crippen MR) is 47.8 cm³/mol. The van der Waals surface area contributed by atoms with E-state index in [1.54, 1.807) is 4.40 Å². The van der Waals surface area contributed by atoms with Crippen LogP contribution in [0.1, 0.15) is 5.56 Å². The van der Waals surface area contributed by atoms with Gasteiger partial charge in [-0.2, -0.15) is 26.0 Å². The average molecular weight is 306 g/mol. The van der Waals surface area contributed by atoms with Crippen LogP contribution >= 0.6 is 0 Å². The minimum absolute atomic E-state index is 0.237. The molecular weight excluding hydrogens is 304 g/mol. The van der Waals surface area contributed by atoms with Gasteiger partial charge in [-0.05, 0) is 12.1 Å². The number of rotatable bonds is 2. The van der Waals surface area contributed by atoms with E-state index in [1.807, 2.05) is 0 Å². The van der Waals surface area contributed by atoms with Crippen LogP contribution in [-0.2, 0) is 10.0 Å². The van der Waals surface area contributed by atoms with Crippen LogP contribution in [-0.4, -0.2) is 19.8 Å². The van der Waals surface area contributed by atoms with Crippen LogP contribution in [0.2, 0.25) is 0 Å². The van der Waals surface area contributed by atoms with Gasteiger partial charge in [-0.25, -0.2) is 13.2 Å². The fourth-order valence-electron chi connectivity index (χ4n) is 0.930. The first-order valence-electron chi connectivity index (χ1n) is 4.19. The van der Waals surface area contributed by atoms with E-state index in [-0.39, 0.29) is 12.1 Å². The second-order valence-corrected chi connectivity index (χ2v) is 4.63. The second kappa shape index (κ2) is 4.72. The number of nitrogens with zero attached hydrogens (tertiary/aromatic N) is 1. The predicted octanol–water partition coefficient (Wildman–Crippen LogP) is 1.06. The molecule has 19 heavy (non-hydrogen) atoms. The molecule has 0 heterocycles. The summed E-state index contributed by atoms with van der Waals surface area (Å²) in [5, 5.41) is 11.0. The van der Waals surface area contributed by atoms with Crippen molar-refractivity contribution in [3.8, 4) is 0 Å². The molecule has 1 aromatic rings. The standard InChI is InChI=1S/C8H3F6NO3S/c9-3-1-2-4(10)6(11)5(3)7(16)15-19(17,18)8(12,13)14/h1-2H,(H,15,16)/p-1. The van der Waals surface area contributed by atoms with Crippen LogP contribution in [0, 0.1) is 17.5 Å². The van der Waals surface area contributed by atoms with Gasteiger partial charge in [0, 0.05) is 5.90 Å². The minimum atomic E-state index is -6.27. The molecule has 0 N–H and O–H groups in total. The first-order chi connectivity index (χ1) is 8.47. The number of sulfonamides is 1. The van der Waals surface area contributed by atoms with Gasteiger partial charge in [-0.1, -0.05) is 0 Å². The third kappa shape index (κ3) is 2.97. The molecule has 0 aliphatic rings. The maximum absolute atomic E-state index is 13.0. The van der Waals surface area contributed by atoms with Crippen molar-refractivity contribution < 1.29 is 39.9 Å². The van der Waals surface area contributed by atoms with Gasteiger partial charge in [0.2, 0.25) is 0 Å². The number of halogens is 6. The molecule has 0 radical (unpaired) electrons. The van der Waals surface area contributed by atoms with Crippen molar-refractivity contribution in [2.75, 3.05) is 0 Å². The number of hydrogen-bond donors (Lipinski definition) is 0. The Labute approximate surface area is 102 Å². The lowest BCUT2D eigenvalue weighted by Gasteiger charge is -2.13. The third-order valence-electron chi connectivity index (χ3n) is 1.75. The van der Waals surface area contributed by atoms with Crippen molar-refractivity contribution in [3.63, 3.8) is 0 Å². The largest absolute Gasteiger partial charge is 0.857 e. The Bertz CT molecular complexity index is 637. The lowest BCUT2D eigenvalue weighted by Crippen LogP contribution is -2.28. The molecule has 0 spiro atoms. The van der Waals surface area contributed by atoms with E-state index in [4.69, 9.17) is 0 Å². The Balaban J connectivity index is 3.45. The molecule has 4 nitrogen and oxygen atoms in total. The number of hydrogen-bond acceptors (Lipinski definition) is 3. The van der Waals surface area contributed by atoms with Crippen molar-refractivity contribution in [2.24, 2.45) is 4.40 Å². The summed E-state index contributed by atoms with van der Waals surface area (Å²) in [5.41, 5.74) is -7.74. The molecule has 11 heteroatoms. The van der Waals surface area contributed by atoms with E-state index >= 15 is 0 Å². The smallest absolute Gasteiger partial charge is 0.518 e. The highest BCUT2D eigenvalue weighted by Crippen LogP contribution is 2.25. The fraction of sp³-hybridized carbons (Fsp3) is 0.125. The zero-order valence-electron chi connectivity index (χ0n) is 8.50. The number of alkyl halides is 3. The Morgan fingerprint density at radius 2 is 1.58 bits per heavy atom. The maximum Gasteiger partial charge on any atom is 0.518 e. The molecule has 0 saturated carbocycles. The van der Waals surface area contributed by atoms with Gasteiger partial charge in [0.15, 0.2) is 11.6 Å². The Hall–Kier alpha value is -1.78. The highest BCUT2D eigenvalue weighted by atomic mass is 32.2. The lowest BCUT2D eigenvalue weighted by molar-refractivity contribution is -0.213. The first kappa shape index (κ1) is 15.3. The Morgan fingerprint density at radius 3 is 2.05 bits per heavy atom. The van der Waals surface area contributed by atoms with Crippen molar-refractivity contribution in [3.05, 3.63) is 35.1 Å². The van der Waals surface area contributed by atoms with Crippen LogP contribution in [0.4, 0.5) is 26.3 Å². The van der Waals surface area contributed by atoms with Crippen molar-refractivity contribution in [2.45, 2.75) is 5.51 Å². The molecule has 1 rings (SSSR count). The molecule has 0 atom stereocenters. The van der Waals surface area contributed by atoms with E-state index in [2.05, 4.69) is 0 Å². The second-order valence-electron chi connectivity index (χ2n) is 3.04. The summed E-state index contributed by atoms with van der Waals surface area (Å²) < 4.78 is 97.0. The van der Waals surface area contributed by atoms with Crippen LogP contribution in [0.3, 0.4) is 0 Å². The van der Waals surface area contributed by atoms with Crippen LogP contribution in [0.25, 0.3) is 0 Å². The number of benzene rings is 1. The van der Waals surface area contributed by atoms with Crippen LogP contribution < -0.4 is 5.11 Å². The summed E-state index contributed by atoms with van der Waals surface area (Å²) in [6, 6.07) is 0.501. The van der Waals surface area contributed by atoms with Crippen LogP contribution in [0.5, 0.6) is 0 Å². The van der Waals surface area contributed by atoms with Gasteiger partial charge in [0.1, 0.15) is 5.82 Å². The highest BCUT2D eigenvalue weighted by molar-refractivity contribution is 7.91. The topological polar surface area (TPSA) is 69.6 Å². The first-order valence-corrected chi connectivity index (χ1v) is 5.63. The van der Waals surface area contributed by atoms with Crippen molar-refractivity contribution in [1.29, 1.82) is 0 Å². The molecular formula is C8H2F6NO3S-. The van der Waals surface area contributed by atoms with Gasteiger partial charge in [-0.15, -0.1) is 0 Å². The van der Waals surface area contributed by atoms with E-state index in [9.17, 15) is 39.9 Å². The molecule has 0 amide bonds. The lowest BCUT2D eigenvalue weighted by atomic mass is 10.2. The summed E-state index contributed by atoms with van der Waals surface area (Å²) in [6.45, 7) is 0. The summed E-state index contributed by atoms with van der Waals surface area (Å²) in [6.07, 6.45) is 0. The van der Waals surface area contributed by atoms with Gasteiger partial charge >= 0.3 is 15.5 Å². The zero-order valence-corrected chi connectivity index (χ0v) is 9.32. The molecule has 0 aromatic heterocycles. The molecule has 106 valence electrons. The summed E-state index contributed by atoms with van der Waals surface area (Å²) >= 11 is 0. The summed E-state index contributed by atoms with van der Waals surface area (Å²) in [7, 11) is -6.27. The van der Waals surface area contributed by atoms with Gasteiger partial charge in [-0.3, -0.25) is 0 Å². The van der Waals surface area contributed by atoms with Crippen molar-refractivity contribution >= 4 is 15.9 Å². The Kier molecular flexibility index (Phi) is 3.79. The van der Waals surface area contributed by atoms with Gasteiger partial charge in [0.05, 0.1) is 5.56 Å². The maximum atomic E-state index is 13.0. The van der Waals surface area contributed by atoms with E-state index in [0.29, 0.717) is 0 Å². The van der Waals surface area contributed by atoms with E-state index in [0.717, 1.165) is 0 Å². The molecule has 0 saturated heterocycles. The zero-order chi connectivity index (χ0) is 15.0. The molecule has 0 aliphatic carbocycles. The Morgan fingerprint density at radius 1 is 1.11 bits per heavy atom. The third-order valence-corrected chi connectivity index (χ3v) is 2.74. The monoisotopic (exact) mass is 306 g/mol. The quantitative estimate of drug-likeness (QED) is 0.355. The van der Waals surface area contributed by atoms with E-state index in [1.165, 1.54) is 0 Å². The molecule has 0 fully saturated rings.